The van der Waals surface area contributed by atoms with Gasteiger partial charge >= 0.3 is 5.97 Å². The summed E-state index contributed by atoms with van der Waals surface area (Å²) in [5, 5.41) is 0. The number of anilines is 1. The Morgan fingerprint density at radius 3 is 2.66 bits per heavy atom. The third kappa shape index (κ3) is 2.95. The van der Waals surface area contributed by atoms with Crippen LogP contribution in [-0.4, -0.2) is 68.0 Å². The molecule has 0 N–H and O–H groups in total. The van der Waals surface area contributed by atoms with Crippen LogP contribution in [0.2, 0.25) is 0 Å². The topological polar surface area (TPSA) is 54.5 Å². The summed E-state index contributed by atoms with van der Waals surface area (Å²) < 4.78 is 18.2. The molecule has 0 bridgehead atoms. The van der Waals surface area contributed by atoms with Crippen molar-refractivity contribution < 1.29 is 19.0 Å². The molecule has 2 saturated carbocycles. The SMILES string of the molecule is COc1ccccc1N1CCN(C[C@@H]2C(=O)O[C@]34[C@H](CC[C@@]5(C)O[C@H]35)[C@@H](C)CC[C@@H]24)CC1. The molecule has 1 aromatic rings. The smallest absolute Gasteiger partial charge is 0.311 e. The molecule has 5 fully saturated rings. The van der Waals surface area contributed by atoms with Crippen molar-refractivity contribution in [3.63, 3.8) is 0 Å². The lowest BCUT2D eigenvalue weighted by molar-refractivity contribution is -0.168. The third-order valence-corrected chi connectivity index (χ3v) is 9.34. The number of para-hydroxylation sites is 2. The summed E-state index contributed by atoms with van der Waals surface area (Å²) in [6.45, 7) is 9.19. The lowest BCUT2D eigenvalue weighted by Crippen LogP contribution is -2.58. The molecule has 7 atom stereocenters. The van der Waals surface area contributed by atoms with E-state index in [1.54, 1.807) is 7.11 Å². The number of nitrogens with zero attached hydrogens (tertiary/aromatic N) is 2. The number of epoxide rings is 1. The van der Waals surface area contributed by atoms with Crippen LogP contribution >= 0.6 is 0 Å². The van der Waals surface area contributed by atoms with Crippen molar-refractivity contribution in [2.45, 2.75) is 56.8 Å². The lowest BCUT2D eigenvalue weighted by Gasteiger charge is -2.50. The van der Waals surface area contributed by atoms with Gasteiger partial charge in [-0.2, -0.15) is 0 Å². The molecule has 174 valence electrons. The van der Waals surface area contributed by atoms with Crippen molar-refractivity contribution in [3.05, 3.63) is 24.3 Å². The molecule has 3 saturated heterocycles. The van der Waals surface area contributed by atoms with E-state index in [4.69, 9.17) is 14.2 Å². The molecular formula is C26H36N2O4. The van der Waals surface area contributed by atoms with Crippen molar-refractivity contribution in [1.29, 1.82) is 0 Å². The Bertz CT molecular complexity index is 900. The van der Waals surface area contributed by atoms with Crippen LogP contribution in [0.25, 0.3) is 0 Å². The maximum atomic E-state index is 13.3. The molecule has 2 aliphatic carbocycles. The summed E-state index contributed by atoms with van der Waals surface area (Å²) in [4.78, 5) is 18.1. The summed E-state index contributed by atoms with van der Waals surface area (Å²) in [7, 11) is 1.73. The molecule has 0 unspecified atom stereocenters. The molecule has 1 aromatic carbocycles. The van der Waals surface area contributed by atoms with Gasteiger partial charge in [-0.3, -0.25) is 9.69 Å². The van der Waals surface area contributed by atoms with E-state index in [9.17, 15) is 4.79 Å². The first-order valence-corrected chi connectivity index (χ1v) is 12.5. The number of benzene rings is 1. The minimum Gasteiger partial charge on any atom is -0.495 e. The van der Waals surface area contributed by atoms with E-state index in [-0.39, 0.29) is 29.2 Å². The molecule has 3 aliphatic heterocycles. The van der Waals surface area contributed by atoms with Gasteiger partial charge < -0.3 is 19.1 Å². The van der Waals surface area contributed by atoms with Gasteiger partial charge in [0, 0.05) is 44.6 Å². The minimum absolute atomic E-state index is 0.0191. The zero-order valence-electron chi connectivity index (χ0n) is 19.6. The van der Waals surface area contributed by atoms with Crippen LogP contribution in [0.5, 0.6) is 5.75 Å². The van der Waals surface area contributed by atoms with E-state index in [0.717, 1.165) is 63.4 Å². The van der Waals surface area contributed by atoms with Gasteiger partial charge in [-0.25, -0.2) is 0 Å². The number of ether oxygens (including phenoxy) is 3. The summed E-state index contributed by atoms with van der Waals surface area (Å²) in [5.74, 6) is 2.30. The van der Waals surface area contributed by atoms with Crippen molar-refractivity contribution in [3.8, 4) is 5.75 Å². The van der Waals surface area contributed by atoms with E-state index in [1.165, 1.54) is 6.42 Å². The fourth-order valence-electron chi connectivity index (χ4n) is 7.60. The molecule has 32 heavy (non-hydrogen) atoms. The van der Waals surface area contributed by atoms with E-state index in [2.05, 4.69) is 35.8 Å². The highest BCUT2D eigenvalue weighted by Gasteiger charge is 2.77. The van der Waals surface area contributed by atoms with Crippen LogP contribution in [0.15, 0.2) is 24.3 Å². The van der Waals surface area contributed by atoms with E-state index < -0.39 is 0 Å². The van der Waals surface area contributed by atoms with Crippen molar-refractivity contribution in [2.75, 3.05) is 44.7 Å². The number of piperazine rings is 1. The van der Waals surface area contributed by atoms with Gasteiger partial charge in [0.15, 0.2) is 0 Å². The number of methoxy groups -OCH3 is 1. The van der Waals surface area contributed by atoms with Crippen LogP contribution in [0.4, 0.5) is 5.69 Å². The van der Waals surface area contributed by atoms with Crippen LogP contribution in [0.1, 0.15) is 39.5 Å². The minimum atomic E-state index is -0.369. The van der Waals surface area contributed by atoms with Gasteiger partial charge in [0.1, 0.15) is 17.5 Å². The van der Waals surface area contributed by atoms with Crippen LogP contribution in [0, 0.1) is 23.7 Å². The van der Waals surface area contributed by atoms with Gasteiger partial charge in [-0.1, -0.05) is 19.1 Å². The monoisotopic (exact) mass is 440 g/mol. The third-order valence-electron chi connectivity index (χ3n) is 9.34. The Balaban J connectivity index is 1.17. The number of esters is 1. The summed E-state index contributed by atoms with van der Waals surface area (Å²) >= 11 is 0. The molecule has 6 nitrogen and oxygen atoms in total. The van der Waals surface area contributed by atoms with Gasteiger partial charge in [-0.05, 0) is 50.7 Å². The number of hydrogen-bond donors (Lipinski definition) is 0. The Kier molecular flexibility index (Phi) is 4.78. The van der Waals surface area contributed by atoms with Gasteiger partial charge in [0.05, 0.1) is 24.3 Å². The molecule has 1 spiro atoms. The second kappa shape index (κ2) is 7.36. The largest absolute Gasteiger partial charge is 0.495 e. The zero-order chi connectivity index (χ0) is 22.1. The predicted octanol–water partition coefficient (Wildman–Crippen LogP) is 3.34. The lowest BCUT2D eigenvalue weighted by atomic mass is 9.55. The Hall–Kier alpha value is -1.79. The normalized spacial score (nSPS) is 43.2. The van der Waals surface area contributed by atoms with Gasteiger partial charge in [0.25, 0.3) is 0 Å². The Morgan fingerprint density at radius 2 is 1.88 bits per heavy atom. The first kappa shape index (κ1) is 20.8. The highest BCUT2D eigenvalue weighted by atomic mass is 16.7. The van der Waals surface area contributed by atoms with Gasteiger partial charge in [0.2, 0.25) is 0 Å². The molecule has 0 radical (unpaired) electrons. The average Bonchev–Trinajstić information content (AvgIpc) is 3.44. The maximum absolute atomic E-state index is 13.3. The van der Waals surface area contributed by atoms with Crippen LogP contribution in [-0.2, 0) is 14.3 Å². The molecule has 3 heterocycles. The molecule has 5 aliphatic rings. The maximum Gasteiger partial charge on any atom is 0.311 e. The van der Waals surface area contributed by atoms with E-state index in [1.807, 2.05) is 12.1 Å². The van der Waals surface area contributed by atoms with Crippen LogP contribution < -0.4 is 9.64 Å². The highest BCUT2D eigenvalue weighted by molar-refractivity contribution is 5.77. The first-order chi connectivity index (χ1) is 15.5. The van der Waals surface area contributed by atoms with E-state index in [0.29, 0.717) is 17.8 Å². The van der Waals surface area contributed by atoms with Crippen molar-refractivity contribution >= 4 is 11.7 Å². The highest BCUT2D eigenvalue weighted by Crippen LogP contribution is 2.66. The van der Waals surface area contributed by atoms with Crippen molar-refractivity contribution in [1.82, 2.24) is 4.90 Å². The average molecular weight is 441 g/mol. The predicted molar refractivity (Wildman–Crippen MR) is 122 cm³/mol. The summed E-state index contributed by atoms with van der Waals surface area (Å²) in [5.41, 5.74) is 0.720. The Labute approximate surface area is 191 Å². The van der Waals surface area contributed by atoms with Crippen LogP contribution in [0.3, 0.4) is 0 Å². The molecule has 0 amide bonds. The molecule has 6 rings (SSSR count). The van der Waals surface area contributed by atoms with E-state index >= 15 is 0 Å². The fourth-order valence-corrected chi connectivity index (χ4v) is 7.60. The molecule has 6 heteroatoms. The van der Waals surface area contributed by atoms with Gasteiger partial charge in [-0.15, -0.1) is 0 Å². The second-order valence-electron chi connectivity index (χ2n) is 11.0. The van der Waals surface area contributed by atoms with Crippen molar-refractivity contribution in [2.24, 2.45) is 23.7 Å². The number of carbonyl (C=O) groups excluding carboxylic acids is 1. The number of rotatable bonds is 4. The second-order valence-corrected chi connectivity index (χ2v) is 11.0. The molecular weight excluding hydrogens is 404 g/mol. The zero-order valence-corrected chi connectivity index (χ0v) is 19.6. The number of fused-ring (bicyclic) bond motifs is 1. The number of hydrogen-bond acceptors (Lipinski definition) is 6. The number of carbonyl (C=O) groups is 1. The Morgan fingerprint density at radius 1 is 1.09 bits per heavy atom. The fraction of sp³-hybridized carbons (Fsp3) is 0.731. The quantitative estimate of drug-likeness (QED) is 0.529. The summed E-state index contributed by atoms with van der Waals surface area (Å²) in [6, 6.07) is 8.23. The summed E-state index contributed by atoms with van der Waals surface area (Å²) in [6.07, 6.45) is 4.63. The standard InChI is InChI=1S/C26H36N2O4/c1-17-8-9-20-18(23(29)31-26(20)19(17)10-11-25(2)24(26)32-25)16-27-12-14-28(15-13-27)21-6-4-5-7-22(21)30-3/h4-7,17-20,24H,8-16H2,1-3H3/t17-,18-,19+,20-,24-,25+,26-/m0/s1. The first-order valence-electron chi connectivity index (χ1n) is 12.5. The molecule has 0 aromatic heterocycles.